The zero-order valence-electron chi connectivity index (χ0n) is 12.1. The Morgan fingerprint density at radius 2 is 1.85 bits per heavy atom. The Morgan fingerprint density at radius 3 is 2.50 bits per heavy atom. The first-order chi connectivity index (χ1) is 9.57. The minimum absolute atomic E-state index is 0.297. The van der Waals surface area contributed by atoms with E-state index in [9.17, 15) is 8.42 Å². The Hall–Kier alpha value is -1.10. The summed E-state index contributed by atoms with van der Waals surface area (Å²) in [6.07, 6.45) is 11.9. The summed E-state index contributed by atoms with van der Waals surface area (Å²) in [6.45, 7) is 0.819. The van der Waals surface area contributed by atoms with E-state index in [1.54, 1.807) is 18.3 Å². The van der Waals surface area contributed by atoms with Gasteiger partial charge in [-0.05, 0) is 30.9 Å². The maximum absolute atomic E-state index is 11.7. The fraction of sp³-hybridized carbons (Fsp3) is 0.667. The number of pyridine rings is 1. The van der Waals surface area contributed by atoms with Crippen molar-refractivity contribution in [2.24, 2.45) is 5.92 Å². The van der Waals surface area contributed by atoms with Crippen molar-refractivity contribution in [3.05, 3.63) is 18.3 Å². The van der Waals surface area contributed by atoms with Gasteiger partial charge in [-0.3, -0.25) is 0 Å². The molecule has 2 rings (SSSR count). The van der Waals surface area contributed by atoms with Gasteiger partial charge in [0.2, 0.25) is 0 Å². The van der Waals surface area contributed by atoms with Gasteiger partial charge < -0.3 is 5.32 Å². The summed E-state index contributed by atoms with van der Waals surface area (Å²) in [5.41, 5.74) is 0. The predicted octanol–water partition coefficient (Wildman–Crippen LogP) is 3.26. The highest BCUT2D eigenvalue weighted by molar-refractivity contribution is 7.90. The lowest BCUT2D eigenvalue weighted by atomic mass is 9.91. The Labute approximate surface area is 121 Å². The van der Waals surface area contributed by atoms with E-state index >= 15 is 0 Å². The largest absolute Gasteiger partial charge is 0.369 e. The second-order valence-electron chi connectivity index (χ2n) is 5.71. The maximum Gasteiger partial charge on any atom is 0.179 e. The van der Waals surface area contributed by atoms with Crippen LogP contribution in [0.5, 0.6) is 0 Å². The molecule has 0 radical (unpaired) electrons. The number of sulfone groups is 1. The second-order valence-corrected chi connectivity index (χ2v) is 7.70. The lowest BCUT2D eigenvalue weighted by molar-refractivity contribution is 0.392. The average Bonchev–Trinajstić information content (AvgIpc) is 2.37. The van der Waals surface area contributed by atoms with Gasteiger partial charge >= 0.3 is 0 Å². The van der Waals surface area contributed by atoms with Crippen molar-refractivity contribution in [2.45, 2.75) is 49.8 Å². The number of hydrogen-bond acceptors (Lipinski definition) is 4. The summed E-state index contributed by atoms with van der Waals surface area (Å²) in [5, 5.41) is 3.25. The van der Waals surface area contributed by atoms with E-state index in [0.717, 1.165) is 6.54 Å². The van der Waals surface area contributed by atoms with E-state index in [0.29, 0.717) is 16.6 Å². The van der Waals surface area contributed by atoms with Gasteiger partial charge in [0, 0.05) is 19.0 Å². The molecule has 0 aromatic carbocycles. The minimum atomic E-state index is -3.22. The molecule has 1 aromatic rings. The Kier molecular flexibility index (Phi) is 5.40. The quantitative estimate of drug-likeness (QED) is 0.926. The number of anilines is 1. The predicted molar refractivity (Wildman–Crippen MR) is 81.6 cm³/mol. The van der Waals surface area contributed by atoms with Crippen molar-refractivity contribution in [2.75, 3.05) is 18.1 Å². The molecule has 0 saturated heterocycles. The van der Waals surface area contributed by atoms with Crippen molar-refractivity contribution < 1.29 is 8.42 Å². The average molecular weight is 296 g/mol. The second kappa shape index (κ2) is 7.07. The molecule has 4 nitrogen and oxygen atoms in total. The highest BCUT2D eigenvalue weighted by Crippen LogP contribution is 2.24. The first-order valence-electron chi connectivity index (χ1n) is 7.46. The molecule has 1 aliphatic rings. The standard InChI is InChI=1S/C15H24N2O2S/c1-20(18,19)14-10-7-11-16-15(14)17-12-13-8-5-3-2-4-6-9-13/h7,10-11,13H,2-6,8-9,12H2,1H3,(H,16,17). The lowest BCUT2D eigenvalue weighted by Crippen LogP contribution is -2.17. The molecule has 1 aliphatic carbocycles. The van der Waals surface area contributed by atoms with E-state index in [2.05, 4.69) is 10.3 Å². The van der Waals surface area contributed by atoms with Crippen LogP contribution in [0.2, 0.25) is 0 Å². The smallest absolute Gasteiger partial charge is 0.179 e. The van der Waals surface area contributed by atoms with Crippen molar-refractivity contribution in [3.8, 4) is 0 Å². The fourth-order valence-corrected chi connectivity index (χ4v) is 3.61. The van der Waals surface area contributed by atoms with Crippen LogP contribution in [0.15, 0.2) is 23.2 Å². The van der Waals surface area contributed by atoms with E-state index in [1.807, 2.05) is 0 Å². The van der Waals surface area contributed by atoms with Gasteiger partial charge in [0.25, 0.3) is 0 Å². The van der Waals surface area contributed by atoms with E-state index in [-0.39, 0.29) is 0 Å². The van der Waals surface area contributed by atoms with Crippen molar-refractivity contribution in [3.63, 3.8) is 0 Å². The number of aromatic nitrogens is 1. The number of hydrogen-bond donors (Lipinski definition) is 1. The molecule has 0 amide bonds. The summed E-state index contributed by atoms with van der Waals surface area (Å²) in [6, 6.07) is 3.28. The molecule has 1 N–H and O–H groups in total. The summed E-state index contributed by atoms with van der Waals surface area (Å²) >= 11 is 0. The molecule has 1 saturated carbocycles. The van der Waals surface area contributed by atoms with E-state index < -0.39 is 9.84 Å². The SMILES string of the molecule is CS(=O)(=O)c1cccnc1NCC1CCCCCCC1. The van der Waals surface area contributed by atoms with Crippen LogP contribution in [0.4, 0.5) is 5.82 Å². The van der Waals surface area contributed by atoms with Crippen LogP contribution in [0.3, 0.4) is 0 Å². The van der Waals surface area contributed by atoms with E-state index in [1.165, 1.54) is 51.2 Å². The van der Waals surface area contributed by atoms with Crippen LogP contribution in [0.1, 0.15) is 44.9 Å². The summed E-state index contributed by atoms with van der Waals surface area (Å²) in [4.78, 5) is 4.48. The third-order valence-electron chi connectivity index (χ3n) is 3.95. The summed E-state index contributed by atoms with van der Waals surface area (Å²) < 4.78 is 23.5. The van der Waals surface area contributed by atoms with Crippen LogP contribution < -0.4 is 5.32 Å². The fourth-order valence-electron chi connectivity index (χ4n) is 2.81. The topological polar surface area (TPSA) is 59.1 Å². The van der Waals surface area contributed by atoms with Crippen LogP contribution in [0, 0.1) is 5.92 Å². The monoisotopic (exact) mass is 296 g/mol. The highest BCUT2D eigenvalue weighted by atomic mass is 32.2. The molecule has 1 fully saturated rings. The molecule has 0 aliphatic heterocycles. The van der Waals surface area contributed by atoms with Gasteiger partial charge in [-0.25, -0.2) is 13.4 Å². The molecular formula is C15H24N2O2S. The molecule has 0 spiro atoms. The van der Waals surface area contributed by atoms with Crippen LogP contribution in [-0.4, -0.2) is 26.2 Å². The first kappa shape index (κ1) is 15.3. The molecule has 1 heterocycles. The molecular weight excluding hydrogens is 272 g/mol. The van der Waals surface area contributed by atoms with Crippen molar-refractivity contribution >= 4 is 15.7 Å². The molecule has 0 unspecified atom stereocenters. The first-order valence-corrected chi connectivity index (χ1v) is 9.35. The Balaban J connectivity index is 1.99. The number of nitrogens with zero attached hydrogens (tertiary/aromatic N) is 1. The molecule has 0 bridgehead atoms. The number of rotatable bonds is 4. The van der Waals surface area contributed by atoms with Gasteiger partial charge in [0.1, 0.15) is 10.7 Å². The Morgan fingerprint density at radius 1 is 1.20 bits per heavy atom. The molecule has 1 aromatic heterocycles. The third kappa shape index (κ3) is 4.47. The minimum Gasteiger partial charge on any atom is -0.369 e. The molecule has 5 heteroatoms. The molecule has 112 valence electrons. The zero-order valence-corrected chi connectivity index (χ0v) is 13.0. The van der Waals surface area contributed by atoms with Crippen LogP contribution >= 0.6 is 0 Å². The van der Waals surface area contributed by atoms with Crippen molar-refractivity contribution in [1.82, 2.24) is 4.98 Å². The summed E-state index contributed by atoms with van der Waals surface area (Å²) in [7, 11) is -3.22. The summed E-state index contributed by atoms with van der Waals surface area (Å²) in [5.74, 6) is 1.13. The zero-order chi connectivity index (χ0) is 14.4. The van der Waals surface area contributed by atoms with Gasteiger partial charge in [-0.2, -0.15) is 0 Å². The Bertz CT molecular complexity index is 520. The number of nitrogens with one attached hydrogen (secondary N) is 1. The lowest BCUT2D eigenvalue weighted by Gasteiger charge is -2.20. The van der Waals surface area contributed by atoms with Crippen molar-refractivity contribution in [1.29, 1.82) is 0 Å². The van der Waals surface area contributed by atoms with E-state index in [4.69, 9.17) is 0 Å². The highest BCUT2D eigenvalue weighted by Gasteiger charge is 2.16. The third-order valence-corrected chi connectivity index (χ3v) is 5.08. The van der Waals surface area contributed by atoms with Gasteiger partial charge in [0.15, 0.2) is 9.84 Å². The van der Waals surface area contributed by atoms with Gasteiger partial charge in [-0.15, -0.1) is 0 Å². The van der Waals surface area contributed by atoms with Crippen LogP contribution in [-0.2, 0) is 9.84 Å². The maximum atomic E-state index is 11.7. The molecule has 0 atom stereocenters. The van der Waals surface area contributed by atoms with Gasteiger partial charge in [-0.1, -0.05) is 32.1 Å². The normalized spacial score (nSPS) is 18.2. The van der Waals surface area contributed by atoms with Crippen LogP contribution in [0.25, 0.3) is 0 Å². The molecule has 20 heavy (non-hydrogen) atoms. The van der Waals surface area contributed by atoms with Gasteiger partial charge in [0.05, 0.1) is 0 Å².